The Bertz CT molecular complexity index is 105. The highest BCUT2D eigenvalue weighted by atomic mass is 16.2. The number of aliphatic hydroxyl groups excluding tert-OH is 1. The van der Waals surface area contributed by atoms with Crippen LogP contribution in [0.5, 0.6) is 0 Å². The highest BCUT2D eigenvalue weighted by Gasteiger charge is 1.95. The van der Waals surface area contributed by atoms with E-state index in [-0.39, 0.29) is 0 Å². The summed E-state index contributed by atoms with van der Waals surface area (Å²) in [7, 11) is 0. The second kappa shape index (κ2) is 7.64. The molecule has 0 aliphatic carbocycles. The second-order valence-corrected chi connectivity index (χ2v) is 2.99. The van der Waals surface area contributed by atoms with E-state index >= 15 is 0 Å². The van der Waals surface area contributed by atoms with Crippen molar-refractivity contribution in [3.63, 3.8) is 0 Å². The lowest BCUT2D eigenvalue weighted by Gasteiger charge is -2.02. The lowest BCUT2D eigenvalue weighted by molar-refractivity contribution is 0.458. The van der Waals surface area contributed by atoms with Crippen molar-refractivity contribution in [2.75, 3.05) is 0 Å². The molecule has 0 bridgehead atoms. The zero-order valence-corrected chi connectivity index (χ0v) is 7.77. The molecule has 1 heteroatoms. The normalized spacial score (nSPS) is 12.0. The summed E-state index contributed by atoms with van der Waals surface area (Å²) in [6.45, 7) is 4.34. The first-order chi connectivity index (χ1) is 5.35. The van der Waals surface area contributed by atoms with E-state index in [1.54, 1.807) is 0 Å². The third-order valence-electron chi connectivity index (χ3n) is 1.86. The van der Waals surface area contributed by atoms with Gasteiger partial charge in [-0.05, 0) is 24.8 Å². The van der Waals surface area contributed by atoms with E-state index in [0.29, 0.717) is 0 Å². The van der Waals surface area contributed by atoms with Crippen molar-refractivity contribution in [3.05, 3.63) is 11.8 Å². The maximum absolute atomic E-state index is 8.79. The maximum atomic E-state index is 8.79. The van der Waals surface area contributed by atoms with Crippen molar-refractivity contribution in [2.45, 2.75) is 52.4 Å². The van der Waals surface area contributed by atoms with Crippen LogP contribution < -0.4 is 0 Å². The minimum absolute atomic E-state index is 1.06. The van der Waals surface area contributed by atoms with Crippen molar-refractivity contribution in [1.29, 1.82) is 0 Å². The van der Waals surface area contributed by atoms with Crippen LogP contribution in [0.25, 0.3) is 0 Å². The van der Waals surface area contributed by atoms with Gasteiger partial charge in [-0.15, -0.1) is 0 Å². The maximum Gasteiger partial charge on any atom is 0.0783 e. The fourth-order valence-electron chi connectivity index (χ4n) is 1.18. The average molecular weight is 156 g/mol. The van der Waals surface area contributed by atoms with Gasteiger partial charge in [-0.3, -0.25) is 0 Å². The third-order valence-corrected chi connectivity index (χ3v) is 1.86. The molecule has 0 aliphatic rings. The Balaban J connectivity index is 3.37. The van der Waals surface area contributed by atoms with Crippen LogP contribution in [0.4, 0.5) is 0 Å². The van der Waals surface area contributed by atoms with Gasteiger partial charge in [0.25, 0.3) is 0 Å². The molecule has 0 fully saturated rings. The number of unbranched alkanes of at least 4 members (excludes halogenated alkanes) is 2. The van der Waals surface area contributed by atoms with Crippen LogP contribution in [0.15, 0.2) is 11.8 Å². The fourth-order valence-corrected chi connectivity index (χ4v) is 1.18. The number of hydrogen-bond acceptors (Lipinski definition) is 1. The third kappa shape index (κ3) is 5.96. The molecular formula is C10H20O. The van der Waals surface area contributed by atoms with Gasteiger partial charge in [-0.2, -0.15) is 0 Å². The first-order valence-electron chi connectivity index (χ1n) is 4.67. The average Bonchev–Trinajstić information content (AvgIpc) is 2.03. The van der Waals surface area contributed by atoms with E-state index in [4.69, 9.17) is 5.11 Å². The van der Waals surface area contributed by atoms with E-state index in [1.165, 1.54) is 31.1 Å². The molecule has 1 N–H and O–H groups in total. The zero-order chi connectivity index (χ0) is 8.53. The van der Waals surface area contributed by atoms with Gasteiger partial charge in [0.15, 0.2) is 0 Å². The molecule has 66 valence electrons. The summed E-state index contributed by atoms with van der Waals surface area (Å²) in [5, 5.41) is 8.79. The van der Waals surface area contributed by atoms with Gasteiger partial charge in [0.1, 0.15) is 0 Å². The Labute approximate surface area is 70.1 Å². The van der Waals surface area contributed by atoms with Gasteiger partial charge >= 0.3 is 0 Å². The molecule has 0 heterocycles. The minimum atomic E-state index is 1.06. The van der Waals surface area contributed by atoms with E-state index in [1.807, 2.05) is 0 Å². The van der Waals surface area contributed by atoms with Crippen molar-refractivity contribution in [2.24, 2.45) is 0 Å². The molecule has 0 aromatic rings. The van der Waals surface area contributed by atoms with E-state index < -0.39 is 0 Å². The molecular weight excluding hydrogens is 136 g/mol. The van der Waals surface area contributed by atoms with E-state index in [0.717, 1.165) is 19.3 Å². The Kier molecular flexibility index (Phi) is 7.33. The second-order valence-electron chi connectivity index (χ2n) is 2.99. The van der Waals surface area contributed by atoms with Crippen LogP contribution in [0.2, 0.25) is 0 Å². The predicted molar refractivity (Wildman–Crippen MR) is 49.8 cm³/mol. The summed E-state index contributed by atoms with van der Waals surface area (Å²) < 4.78 is 0. The van der Waals surface area contributed by atoms with Gasteiger partial charge in [-0.1, -0.05) is 33.1 Å². The van der Waals surface area contributed by atoms with Crippen LogP contribution in [-0.4, -0.2) is 5.11 Å². The Morgan fingerprint density at radius 3 is 2.27 bits per heavy atom. The van der Waals surface area contributed by atoms with Crippen LogP contribution >= 0.6 is 0 Å². The standard InChI is InChI=1S/C10H20O/c1-3-5-6-8-10(9-11)7-4-2/h9,11H,3-8H2,1-2H3/b10-9-. The molecule has 0 spiro atoms. The number of hydrogen-bond donors (Lipinski definition) is 1. The van der Waals surface area contributed by atoms with Gasteiger partial charge in [-0.25, -0.2) is 0 Å². The first-order valence-corrected chi connectivity index (χ1v) is 4.67. The summed E-state index contributed by atoms with van der Waals surface area (Å²) in [5.41, 5.74) is 1.21. The molecule has 0 amide bonds. The number of rotatable bonds is 6. The summed E-state index contributed by atoms with van der Waals surface area (Å²) in [6.07, 6.45) is 8.32. The summed E-state index contributed by atoms with van der Waals surface area (Å²) >= 11 is 0. The molecule has 0 aromatic heterocycles. The quantitative estimate of drug-likeness (QED) is 0.458. The highest BCUT2D eigenvalue weighted by Crippen LogP contribution is 2.13. The Morgan fingerprint density at radius 2 is 1.82 bits per heavy atom. The molecule has 0 saturated heterocycles. The molecule has 0 rings (SSSR count). The molecule has 0 atom stereocenters. The van der Waals surface area contributed by atoms with Crippen molar-refractivity contribution in [3.8, 4) is 0 Å². The first kappa shape index (κ1) is 10.5. The summed E-state index contributed by atoms with van der Waals surface area (Å²) in [4.78, 5) is 0. The molecule has 0 saturated carbocycles. The van der Waals surface area contributed by atoms with Crippen LogP contribution in [0.3, 0.4) is 0 Å². The van der Waals surface area contributed by atoms with Gasteiger partial charge < -0.3 is 5.11 Å². The predicted octanol–water partition coefficient (Wildman–Crippen LogP) is 3.81. The van der Waals surface area contributed by atoms with E-state index in [2.05, 4.69) is 13.8 Å². The topological polar surface area (TPSA) is 20.2 Å². The molecule has 11 heavy (non-hydrogen) atoms. The van der Waals surface area contributed by atoms with Crippen molar-refractivity contribution < 1.29 is 5.11 Å². The largest absolute Gasteiger partial charge is 0.516 e. The molecule has 0 unspecified atom stereocenters. The summed E-state index contributed by atoms with van der Waals surface area (Å²) in [5.74, 6) is 0. The van der Waals surface area contributed by atoms with Crippen molar-refractivity contribution in [1.82, 2.24) is 0 Å². The smallest absolute Gasteiger partial charge is 0.0783 e. The van der Waals surface area contributed by atoms with Crippen LogP contribution in [-0.2, 0) is 0 Å². The fraction of sp³-hybridized carbons (Fsp3) is 0.800. The van der Waals surface area contributed by atoms with Crippen LogP contribution in [0.1, 0.15) is 52.4 Å². The zero-order valence-electron chi connectivity index (χ0n) is 7.77. The lowest BCUT2D eigenvalue weighted by Crippen LogP contribution is -1.84. The number of allylic oxidation sites excluding steroid dienone is 1. The van der Waals surface area contributed by atoms with Gasteiger partial charge in [0.05, 0.1) is 6.26 Å². The minimum Gasteiger partial charge on any atom is -0.516 e. The molecule has 0 aromatic carbocycles. The summed E-state index contributed by atoms with van der Waals surface area (Å²) in [6, 6.07) is 0. The van der Waals surface area contributed by atoms with Gasteiger partial charge in [0.2, 0.25) is 0 Å². The monoisotopic (exact) mass is 156 g/mol. The van der Waals surface area contributed by atoms with Crippen LogP contribution in [0, 0.1) is 0 Å². The van der Waals surface area contributed by atoms with Gasteiger partial charge in [0, 0.05) is 0 Å². The van der Waals surface area contributed by atoms with E-state index in [9.17, 15) is 0 Å². The SMILES string of the molecule is CCCCC/C(=C\O)CCC. The Hall–Kier alpha value is -0.460. The lowest BCUT2D eigenvalue weighted by atomic mass is 10.0. The van der Waals surface area contributed by atoms with Crippen molar-refractivity contribution >= 4 is 0 Å². The Morgan fingerprint density at radius 1 is 1.09 bits per heavy atom. The number of aliphatic hydroxyl groups is 1. The molecule has 0 aliphatic heterocycles. The molecule has 0 radical (unpaired) electrons. The molecule has 1 nitrogen and oxygen atoms in total. The highest BCUT2D eigenvalue weighted by molar-refractivity contribution is 4.96.